The van der Waals surface area contributed by atoms with Crippen LogP contribution in [0.3, 0.4) is 0 Å². The van der Waals surface area contributed by atoms with Crippen LogP contribution in [0.1, 0.15) is 30.9 Å². The van der Waals surface area contributed by atoms with Gasteiger partial charge in [-0.3, -0.25) is 4.98 Å². The third-order valence-corrected chi connectivity index (χ3v) is 5.93. The molecule has 0 unspecified atom stereocenters. The SMILES string of the molecule is Cc1cc(-c2ccc(C(C)C)cc2)ncc1[Si](C)(C)C. The lowest BCUT2D eigenvalue weighted by atomic mass is 10.0. The predicted octanol–water partition coefficient (Wildman–Crippen LogP) is 4.73. The van der Waals surface area contributed by atoms with E-state index in [9.17, 15) is 0 Å². The minimum Gasteiger partial charge on any atom is -0.256 e. The molecule has 2 aromatic rings. The second-order valence-corrected chi connectivity index (χ2v) is 11.9. The van der Waals surface area contributed by atoms with Gasteiger partial charge in [-0.05, 0) is 35.2 Å². The molecular weight excluding hydrogens is 258 g/mol. The van der Waals surface area contributed by atoms with Crippen molar-refractivity contribution in [3.63, 3.8) is 0 Å². The van der Waals surface area contributed by atoms with Gasteiger partial charge in [0, 0.05) is 11.8 Å². The van der Waals surface area contributed by atoms with E-state index in [0.29, 0.717) is 5.92 Å². The molecule has 0 N–H and O–H groups in total. The van der Waals surface area contributed by atoms with E-state index in [0.717, 1.165) is 5.69 Å². The lowest BCUT2D eigenvalue weighted by molar-refractivity contribution is 0.867. The number of pyridine rings is 1. The lowest BCUT2D eigenvalue weighted by Gasteiger charge is -2.19. The van der Waals surface area contributed by atoms with Crippen LogP contribution in [0.15, 0.2) is 36.5 Å². The Labute approximate surface area is 124 Å². The molecule has 0 bridgehead atoms. The molecular formula is C18H25NSi. The highest BCUT2D eigenvalue weighted by Crippen LogP contribution is 2.22. The van der Waals surface area contributed by atoms with Crippen LogP contribution in [0.4, 0.5) is 0 Å². The Kier molecular flexibility index (Phi) is 4.14. The Morgan fingerprint density at radius 2 is 1.60 bits per heavy atom. The fraction of sp³-hybridized carbons (Fsp3) is 0.389. The summed E-state index contributed by atoms with van der Waals surface area (Å²) >= 11 is 0. The maximum absolute atomic E-state index is 4.69. The van der Waals surface area contributed by atoms with Gasteiger partial charge < -0.3 is 0 Å². The summed E-state index contributed by atoms with van der Waals surface area (Å²) in [7, 11) is -1.29. The van der Waals surface area contributed by atoms with E-state index < -0.39 is 8.07 Å². The van der Waals surface area contributed by atoms with E-state index in [1.165, 1.54) is 21.9 Å². The van der Waals surface area contributed by atoms with Crippen LogP contribution in [0, 0.1) is 6.92 Å². The van der Waals surface area contributed by atoms with Gasteiger partial charge in [0.1, 0.15) is 0 Å². The van der Waals surface area contributed by atoms with Crippen molar-refractivity contribution in [2.24, 2.45) is 0 Å². The molecule has 0 aliphatic rings. The Morgan fingerprint density at radius 1 is 1.00 bits per heavy atom. The molecule has 2 rings (SSSR count). The minimum atomic E-state index is -1.29. The fourth-order valence-electron chi connectivity index (χ4n) is 2.54. The van der Waals surface area contributed by atoms with E-state index in [1.54, 1.807) is 0 Å². The molecule has 1 heterocycles. The molecule has 0 aliphatic heterocycles. The molecule has 20 heavy (non-hydrogen) atoms. The molecule has 0 amide bonds. The van der Waals surface area contributed by atoms with Crippen LogP contribution < -0.4 is 5.19 Å². The van der Waals surface area contributed by atoms with Gasteiger partial charge in [0.2, 0.25) is 0 Å². The zero-order chi connectivity index (χ0) is 14.9. The van der Waals surface area contributed by atoms with E-state index in [2.05, 4.69) is 81.9 Å². The van der Waals surface area contributed by atoms with Crippen molar-refractivity contribution in [2.45, 2.75) is 46.3 Å². The van der Waals surface area contributed by atoms with Gasteiger partial charge in [0.25, 0.3) is 0 Å². The van der Waals surface area contributed by atoms with Gasteiger partial charge in [-0.2, -0.15) is 0 Å². The van der Waals surface area contributed by atoms with Gasteiger partial charge in [-0.1, -0.05) is 57.8 Å². The van der Waals surface area contributed by atoms with Crippen molar-refractivity contribution in [1.82, 2.24) is 4.98 Å². The van der Waals surface area contributed by atoms with Gasteiger partial charge in [0.05, 0.1) is 13.8 Å². The predicted molar refractivity (Wildman–Crippen MR) is 91.5 cm³/mol. The number of nitrogens with zero attached hydrogens (tertiary/aromatic N) is 1. The number of hydrogen-bond acceptors (Lipinski definition) is 1. The summed E-state index contributed by atoms with van der Waals surface area (Å²) in [5, 5.41) is 1.46. The largest absolute Gasteiger partial charge is 0.256 e. The average Bonchev–Trinajstić information content (AvgIpc) is 2.37. The Hall–Kier alpha value is -1.41. The minimum absolute atomic E-state index is 0.577. The molecule has 2 heteroatoms. The van der Waals surface area contributed by atoms with Gasteiger partial charge in [-0.15, -0.1) is 0 Å². The van der Waals surface area contributed by atoms with E-state index in [1.807, 2.05) is 0 Å². The normalized spacial score (nSPS) is 11.9. The molecule has 0 saturated carbocycles. The highest BCUT2D eigenvalue weighted by molar-refractivity contribution is 6.89. The van der Waals surface area contributed by atoms with Crippen molar-refractivity contribution in [3.05, 3.63) is 47.7 Å². The molecule has 1 nitrogen and oxygen atoms in total. The molecule has 0 aliphatic carbocycles. The third kappa shape index (κ3) is 3.18. The lowest BCUT2D eigenvalue weighted by Crippen LogP contribution is -2.39. The van der Waals surface area contributed by atoms with Crippen molar-refractivity contribution in [3.8, 4) is 11.3 Å². The maximum atomic E-state index is 4.69. The zero-order valence-electron chi connectivity index (χ0n) is 13.5. The number of aromatic nitrogens is 1. The quantitative estimate of drug-likeness (QED) is 0.742. The average molecular weight is 283 g/mol. The van der Waals surface area contributed by atoms with Crippen LogP contribution in [-0.4, -0.2) is 13.1 Å². The molecule has 1 aromatic heterocycles. The smallest absolute Gasteiger partial charge is 0.0799 e. The summed E-state index contributed by atoms with van der Waals surface area (Å²) in [6.45, 7) is 13.8. The Bertz CT molecular complexity index is 592. The van der Waals surface area contributed by atoms with Crippen LogP contribution >= 0.6 is 0 Å². The summed E-state index contributed by atoms with van der Waals surface area (Å²) in [5.41, 5.74) is 5.05. The topological polar surface area (TPSA) is 12.9 Å². The molecule has 0 spiro atoms. The number of benzene rings is 1. The Balaban J connectivity index is 2.37. The molecule has 0 atom stereocenters. The van der Waals surface area contributed by atoms with Crippen LogP contribution in [0.25, 0.3) is 11.3 Å². The van der Waals surface area contributed by atoms with Crippen LogP contribution in [0.5, 0.6) is 0 Å². The standard InChI is InChI=1S/C18H25NSi/c1-13(2)15-7-9-16(10-8-15)17-11-14(3)18(12-19-17)20(4,5)6/h7-13H,1-6H3. The van der Waals surface area contributed by atoms with Crippen LogP contribution in [0.2, 0.25) is 19.6 Å². The molecule has 0 saturated heterocycles. The van der Waals surface area contributed by atoms with Crippen molar-refractivity contribution < 1.29 is 0 Å². The van der Waals surface area contributed by atoms with Crippen molar-refractivity contribution in [1.29, 1.82) is 0 Å². The van der Waals surface area contributed by atoms with E-state index >= 15 is 0 Å². The monoisotopic (exact) mass is 283 g/mol. The second kappa shape index (κ2) is 5.53. The second-order valence-electron chi connectivity index (χ2n) is 6.91. The first-order valence-electron chi connectivity index (χ1n) is 7.36. The number of aryl methyl sites for hydroxylation is 1. The molecule has 0 radical (unpaired) electrons. The highest BCUT2D eigenvalue weighted by Gasteiger charge is 2.19. The van der Waals surface area contributed by atoms with Gasteiger partial charge >= 0.3 is 0 Å². The van der Waals surface area contributed by atoms with Crippen molar-refractivity contribution in [2.75, 3.05) is 0 Å². The van der Waals surface area contributed by atoms with Crippen molar-refractivity contribution >= 4 is 13.3 Å². The summed E-state index contributed by atoms with van der Waals surface area (Å²) in [4.78, 5) is 4.69. The van der Waals surface area contributed by atoms with Gasteiger partial charge in [-0.25, -0.2) is 0 Å². The summed E-state index contributed by atoms with van der Waals surface area (Å²) in [6.07, 6.45) is 2.09. The first-order valence-corrected chi connectivity index (χ1v) is 10.9. The summed E-state index contributed by atoms with van der Waals surface area (Å²) < 4.78 is 0. The molecule has 0 fully saturated rings. The maximum Gasteiger partial charge on any atom is 0.0799 e. The highest BCUT2D eigenvalue weighted by atomic mass is 28.3. The van der Waals surface area contributed by atoms with Gasteiger partial charge in [0.15, 0.2) is 0 Å². The fourth-order valence-corrected chi connectivity index (χ4v) is 4.24. The van der Waals surface area contributed by atoms with E-state index in [4.69, 9.17) is 0 Å². The van der Waals surface area contributed by atoms with Crippen LogP contribution in [-0.2, 0) is 0 Å². The number of rotatable bonds is 3. The summed E-state index contributed by atoms with van der Waals surface area (Å²) in [5.74, 6) is 0.577. The first kappa shape index (κ1) is 15.0. The number of hydrogen-bond donors (Lipinski definition) is 0. The summed E-state index contributed by atoms with van der Waals surface area (Å²) in [6, 6.07) is 11.0. The molecule has 1 aromatic carbocycles. The Morgan fingerprint density at radius 3 is 2.05 bits per heavy atom. The third-order valence-electron chi connectivity index (χ3n) is 3.79. The van der Waals surface area contributed by atoms with E-state index in [-0.39, 0.29) is 0 Å². The first-order chi connectivity index (χ1) is 9.29. The zero-order valence-corrected chi connectivity index (χ0v) is 14.5. The molecule has 106 valence electrons.